The average Bonchev–Trinajstić information content (AvgIpc) is 2.53. The molecule has 0 aromatic heterocycles. The van der Waals surface area contributed by atoms with Crippen LogP contribution in [0, 0.1) is 0 Å². The molecular formula is C18H36N4O. The topological polar surface area (TPSA) is 91.8 Å². The van der Waals surface area contributed by atoms with E-state index in [0.717, 1.165) is 19.3 Å². The fraction of sp³-hybridized carbons (Fsp3) is 0.944. The first kappa shape index (κ1) is 21.8. The Bertz CT molecular complexity index is 298. The van der Waals surface area contributed by atoms with Gasteiger partial charge < -0.3 is 5.73 Å². The summed E-state index contributed by atoms with van der Waals surface area (Å²) in [4.78, 5) is 13.3. The lowest BCUT2D eigenvalue weighted by Gasteiger charge is -2.03. The predicted molar refractivity (Wildman–Crippen MR) is 97.1 cm³/mol. The molecule has 0 aromatic rings. The zero-order valence-electron chi connectivity index (χ0n) is 14.8. The second-order valence-electron chi connectivity index (χ2n) is 6.47. The summed E-state index contributed by atoms with van der Waals surface area (Å²) >= 11 is 0. The minimum Gasteiger partial charge on any atom is -0.370 e. The highest BCUT2D eigenvalue weighted by Crippen LogP contribution is 2.13. The van der Waals surface area contributed by atoms with E-state index in [1.807, 2.05) is 0 Å². The maximum atomic E-state index is 10.6. The lowest BCUT2D eigenvalue weighted by atomic mass is 10.0. The van der Waals surface area contributed by atoms with Crippen LogP contribution in [0.5, 0.6) is 0 Å². The number of primary amides is 1. The summed E-state index contributed by atoms with van der Waals surface area (Å²) in [6.07, 6.45) is 19.5. The van der Waals surface area contributed by atoms with Crippen LogP contribution in [-0.2, 0) is 4.79 Å². The van der Waals surface area contributed by atoms with E-state index in [0.29, 0.717) is 13.0 Å². The Morgan fingerprint density at radius 2 is 1.04 bits per heavy atom. The Hall–Kier alpha value is -1.22. The van der Waals surface area contributed by atoms with Gasteiger partial charge in [-0.25, -0.2) is 0 Å². The molecule has 2 N–H and O–H groups in total. The van der Waals surface area contributed by atoms with Gasteiger partial charge in [0.1, 0.15) is 0 Å². The number of hydrogen-bond donors (Lipinski definition) is 1. The molecule has 0 aromatic carbocycles. The fourth-order valence-electron chi connectivity index (χ4n) is 2.82. The van der Waals surface area contributed by atoms with E-state index in [1.165, 1.54) is 77.0 Å². The van der Waals surface area contributed by atoms with Crippen molar-refractivity contribution in [1.29, 1.82) is 0 Å². The number of unbranched alkanes of at least 4 members (excludes halogenated alkanes) is 14. The van der Waals surface area contributed by atoms with Crippen LogP contribution in [0.1, 0.15) is 103 Å². The lowest BCUT2D eigenvalue weighted by Crippen LogP contribution is -2.09. The van der Waals surface area contributed by atoms with Crippen molar-refractivity contribution in [3.63, 3.8) is 0 Å². The van der Waals surface area contributed by atoms with Crippen molar-refractivity contribution in [2.45, 2.75) is 103 Å². The standard InChI is InChI=1S/C18H36N4O/c19-18(23)16-14-12-10-8-6-4-2-1-3-5-7-9-11-13-15-17-21-22-20/h1-17H2,(H2,19,23). The van der Waals surface area contributed by atoms with Crippen LogP contribution < -0.4 is 5.73 Å². The summed E-state index contributed by atoms with van der Waals surface area (Å²) in [6, 6.07) is 0. The van der Waals surface area contributed by atoms with Crippen molar-refractivity contribution in [2.75, 3.05) is 6.54 Å². The van der Waals surface area contributed by atoms with Crippen molar-refractivity contribution >= 4 is 5.91 Å². The van der Waals surface area contributed by atoms with Gasteiger partial charge in [0.15, 0.2) is 0 Å². The number of carbonyl (C=O) groups is 1. The van der Waals surface area contributed by atoms with E-state index in [9.17, 15) is 4.79 Å². The van der Waals surface area contributed by atoms with Gasteiger partial charge >= 0.3 is 0 Å². The summed E-state index contributed by atoms with van der Waals surface area (Å²) in [6.45, 7) is 0.654. The van der Waals surface area contributed by atoms with Crippen LogP contribution in [0.15, 0.2) is 5.11 Å². The third-order valence-electron chi connectivity index (χ3n) is 4.24. The van der Waals surface area contributed by atoms with Gasteiger partial charge in [-0.3, -0.25) is 4.79 Å². The normalized spacial score (nSPS) is 10.4. The highest BCUT2D eigenvalue weighted by Gasteiger charge is 1.96. The minimum atomic E-state index is -0.168. The quantitative estimate of drug-likeness (QED) is 0.142. The average molecular weight is 325 g/mol. The number of nitrogens with zero attached hydrogens (tertiary/aromatic N) is 3. The lowest BCUT2D eigenvalue weighted by molar-refractivity contribution is -0.118. The molecule has 5 nitrogen and oxygen atoms in total. The molecule has 0 rings (SSSR count). The number of hydrogen-bond acceptors (Lipinski definition) is 2. The number of amides is 1. The summed E-state index contributed by atoms with van der Waals surface area (Å²) in [5.41, 5.74) is 13.3. The van der Waals surface area contributed by atoms with Gasteiger partial charge in [-0.15, -0.1) is 0 Å². The molecule has 0 fully saturated rings. The fourth-order valence-corrected chi connectivity index (χ4v) is 2.82. The largest absolute Gasteiger partial charge is 0.370 e. The number of rotatable bonds is 18. The Balaban J connectivity index is 3.00. The van der Waals surface area contributed by atoms with Crippen LogP contribution in [0.4, 0.5) is 0 Å². The van der Waals surface area contributed by atoms with Crippen molar-refractivity contribution in [3.8, 4) is 0 Å². The Morgan fingerprint density at radius 3 is 1.39 bits per heavy atom. The third kappa shape index (κ3) is 20.8. The van der Waals surface area contributed by atoms with Gasteiger partial charge in [0.25, 0.3) is 0 Å². The molecule has 0 aliphatic rings. The van der Waals surface area contributed by atoms with E-state index < -0.39 is 0 Å². The van der Waals surface area contributed by atoms with Gasteiger partial charge in [0.05, 0.1) is 0 Å². The van der Waals surface area contributed by atoms with Crippen molar-refractivity contribution in [3.05, 3.63) is 10.4 Å². The Morgan fingerprint density at radius 1 is 0.696 bits per heavy atom. The van der Waals surface area contributed by atoms with E-state index in [-0.39, 0.29) is 5.91 Å². The molecule has 0 bridgehead atoms. The third-order valence-corrected chi connectivity index (χ3v) is 4.24. The van der Waals surface area contributed by atoms with Gasteiger partial charge in [-0.2, -0.15) is 0 Å². The first-order valence-corrected chi connectivity index (χ1v) is 9.56. The van der Waals surface area contributed by atoms with E-state index in [1.54, 1.807) is 0 Å². The van der Waals surface area contributed by atoms with Gasteiger partial charge in [0.2, 0.25) is 5.91 Å². The first-order chi connectivity index (χ1) is 11.3. The zero-order chi connectivity index (χ0) is 17.0. The highest BCUT2D eigenvalue weighted by molar-refractivity contribution is 5.73. The summed E-state index contributed by atoms with van der Waals surface area (Å²) < 4.78 is 0. The number of carbonyl (C=O) groups excluding carboxylic acids is 1. The molecule has 1 amide bonds. The zero-order valence-corrected chi connectivity index (χ0v) is 14.8. The maximum Gasteiger partial charge on any atom is 0.217 e. The van der Waals surface area contributed by atoms with Crippen LogP contribution in [0.2, 0.25) is 0 Å². The van der Waals surface area contributed by atoms with Crippen molar-refractivity contribution in [1.82, 2.24) is 0 Å². The first-order valence-electron chi connectivity index (χ1n) is 9.56. The summed E-state index contributed by atoms with van der Waals surface area (Å²) in [5, 5.41) is 3.54. The van der Waals surface area contributed by atoms with Crippen LogP contribution in [0.3, 0.4) is 0 Å². The maximum absolute atomic E-state index is 10.6. The molecule has 0 unspecified atom stereocenters. The monoisotopic (exact) mass is 324 g/mol. The Labute approximate surface area is 142 Å². The molecule has 23 heavy (non-hydrogen) atoms. The molecule has 5 heteroatoms. The van der Waals surface area contributed by atoms with E-state index in [4.69, 9.17) is 11.3 Å². The predicted octanol–water partition coefficient (Wildman–Crippen LogP) is 6.02. The van der Waals surface area contributed by atoms with Gasteiger partial charge in [0, 0.05) is 17.9 Å². The smallest absolute Gasteiger partial charge is 0.217 e. The molecule has 0 spiro atoms. The second kappa shape index (κ2) is 18.8. The van der Waals surface area contributed by atoms with E-state index in [2.05, 4.69) is 10.0 Å². The van der Waals surface area contributed by atoms with Crippen molar-refractivity contribution < 1.29 is 4.79 Å². The molecule has 0 heterocycles. The molecule has 0 aliphatic heterocycles. The molecule has 0 atom stereocenters. The SMILES string of the molecule is [N-]=[N+]=NCCCCCCCCCCCCCCCCCC(N)=O. The van der Waals surface area contributed by atoms with Gasteiger partial charge in [-0.1, -0.05) is 88.6 Å². The second-order valence-corrected chi connectivity index (χ2v) is 6.47. The molecule has 0 radical (unpaired) electrons. The molecule has 134 valence electrons. The van der Waals surface area contributed by atoms with Crippen LogP contribution in [-0.4, -0.2) is 12.5 Å². The molecule has 0 saturated carbocycles. The highest BCUT2D eigenvalue weighted by atomic mass is 16.1. The number of nitrogens with two attached hydrogens (primary N) is 1. The summed E-state index contributed by atoms with van der Waals surface area (Å²) in [7, 11) is 0. The number of azide groups is 1. The summed E-state index contributed by atoms with van der Waals surface area (Å²) in [5.74, 6) is -0.168. The Kier molecular flexibility index (Phi) is 17.8. The van der Waals surface area contributed by atoms with Crippen LogP contribution in [0.25, 0.3) is 10.4 Å². The molecular weight excluding hydrogens is 288 g/mol. The molecule has 0 aliphatic carbocycles. The molecule has 0 saturated heterocycles. The van der Waals surface area contributed by atoms with E-state index >= 15 is 0 Å². The van der Waals surface area contributed by atoms with Gasteiger partial charge in [-0.05, 0) is 18.4 Å². The van der Waals surface area contributed by atoms with Crippen LogP contribution >= 0.6 is 0 Å². The minimum absolute atomic E-state index is 0.168. The van der Waals surface area contributed by atoms with Crippen molar-refractivity contribution in [2.24, 2.45) is 10.8 Å².